The van der Waals surface area contributed by atoms with Gasteiger partial charge < -0.3 is 14.4 Å². The molecule has 1 N–H and O–H groups in total. The summed E-state index contributed by atoms with van der Waals surface area (Å²) in [6.45, 7) is 1.03. The Hall–Kier alpha value is -3.73. The van der Waals surface area contributed by atoms with E-state index in [9.17, 15) is 18.3 Å². The molecule has 0 aliphatic carbocycles. The third-order valence-electron chi connectivity index (χ3n) is 4.68. The zero-order valence-corrected chi connectivity index (χ0v) is 17.0. The Morgan fingerprint density at radius 1 is 1.19 bits per heavy atom. The van der Waals surface area contributed by atoms with Crippen molar-refractivity contribution < 1.29 is 27.5 Å². The van der Waals surface area contributed by atoms with Gasteiger partial charge in [0, 0.05) is 11.8 Å². The second-order valence-corrected chi connectivity index (χ2v) is 6.97. The molecular formula is C21H18F3N5O3. The molecule has 0 unspecified atom stereocenters. The van der Waals surface area contributed by atoms with Crippen LogP contribution in [0, 0.1) is 0 Å². The van der Waals surface area contributed by atoms with Crippen LogP contribution in [0.25, 0.3) is 33.8 Å². The highest BCUT2D eigenvalue weighted by Crippen LogP contribution is 2.45. The van der Waals surface area contributed by atoms with Crippen LogP contribution in [0.5, 0.6) is 5.75 Å². The first-order chi connectivity index (χ1) is 15.3. The van der Waals surface area contributed by atoms with E-state index in [0.29, 0.717) is 21.7 Å². The summed E-state index contributed by atoms with van der Waals surface area (Å²) in [7, 11) is 1.48. The van der Waals surface area contributed by atoms with Crippen molar-refractivity contribution in [3.63, 3.8) is 0 Å². The largest absolute Gasteiger partial charge is 0.496 e. The van der Waals surface area contributed by atoms with Crippen LogP contribution in [0.2, 0.25) is 0 Å². The molecule has 0 fully saturated rings. The fraction of sp³-hybridized carbons (Fsp3) is 0.238. The van der Waals surface area contributed by atoms with E-state index in [1.165, 1.54) is 26.6 Å². The second kappa shape index (κ2) is 8.42. The first-order valence-corrected chi connectivity index (χ1v) is 9.52. The molecule has 0 spiro atoms. The first kappa shape index (κ1) is 21.5. The Kier molecular flexibility index (Phi) is 5.66. The van der Waals surface area contributed by atoms with Crippen LogP contribution in [0.1, 0.15) is 12.6 Å². The summed E-state index contributed by atoms with van der Waals surface area (Å²) in [6.07, 6.45) is -2.01. The SMILES string of the molecule is COc1ccccc1-c1noc(-c2cnn(C[C@@H](C)O)c2C(F)(F)F)c1-c1ccncn1. The van der Waals surface area contributed by atoms with Gasteiger partial charge in [0.2, 0.25) is 0 Å². The maximum atomic E-state index is 14.0. The summed E-state index contributed by atoms with van der Waals surface area (Å²) in [5.74, 6) is 0.303. The summed E-state index contributed by atoms with van der Waals surface area (Å²) in [6, 6.07) is 8.47. The van der Waals surface area contributed by atoms with E-state index >= 15 is 0 Å². The van der Waals surface area contributed by atoms with Gasteiger partial charge in [0.05, 0.1) is 42.8 Å². The fourth-order valence-electron chi connectivity index (χ4n) is 3.41. The van der Waals surface area contributed by atoms with E-state index in [-0.39, 0.29) is 29.1 Å². The number of alkyl halides is 3. The number of aliphatic hydroxyl groups excluding tert-OH is 1. The monoisotopic (exact) mass is 445 g/mol. The van der Waals surface area contributed by atoms with E-state index < -0.39 is 18.0 Å². The Balaban J connectivity index is 2.00. The average Bonchev–Trinajstić information content (AvgIpc) is 3.38. The van der Waals surface area contributed by atoms with Gasteiger partial charge in [-0.05, 0) is 25.1 Å². The lowest BCUT2D eigenvalue weighted by atomic mass is 9.99. The van der Waals surface area contributed by atoms with Crippen molar-refractivity contribution in [2.24, 2.45) is 0 Å². The molecule has 32 heavy (non-hydrogen) atoms. The van der Waals surface area contributed by atoms with Crippen molar-refractivity contribution in [1.29, 1.82) is 0 Å². The van der Waals surface area contributed by atoms with Crippen molar-refractivity contribution >= 4 is 0 Å². The van der Waals surface area contributed by atoms with Crippen LogP contribution in [0.3, 0.4) is 0 Å². The van der Waals surface area contributed by atoms with Crippen molar-refractivity contribution in [2.75, 3.05) is 7.11 Å². The Morgan fingerprint density at radius 2 is 1.97 bits per heavy atom. The maximum absolute atomic E-state index is 14.0. The third kappa shape index (κ3) is 3.94. The number of hydrogen-bond donors (Lipinski definition) is 1. The Morgan fingerprint density at radius 3 is 2.62 bits per heavy atom. The summed E-state index contributed by atoms with van der Waals surface area (Å²) in [5.41, 5.74) is -0.0551. The standard InChI is InChI=1S/C21H18F3N5O3/c1-12(30)10-29-20(21(22,23)24)14(9-27-29)19-17(15-7-8-25-11-26-15)18(28-32-19)13-5-3-4-6-16(13)31-2/h3-9,11-12,30H,10H2,1-2H3/t12-/m1/s1. The zero-order valence-electron chi connectivity index (χ0n) is 17.0. The fourth-order valence-corrected chi connectivity index (χ4v) is 3.41. The average molecular weight is 445 g/mol. The molecule has 4 aromatic rings. The summed E-state index contributed by atoms with van der Waals surface area (Å²) < 4.78 is 53.6. The minimum atomic E-state index is -4.76. The molecule has 1 atom stereocenters. The smallest absolute Gasteiger partial charge is 0.433 e. The molecule has 11 heteroatoms. The lowest BCUT2D eigenvalue weighted by molar-refractivity contribution is -0.144. The van der Waals surface area contributed by atoms with Gasteiger partial charge in [-0.15, -0.1) is 0 Å². The number of ether oxygens (including phenoxy) is 1. The summed E-state index contributed by atoms with van der Waals surface area (Å²) in [5, 5.41) is 17.5. The van der Waals surface area contributed by atoms with Crippen molar-refractivity contribution in [3.05, 3.63) is 54.7 Å². The number of halogens is 3. The number of aliphatic hydroxyl groups is 1. The molecule has 0 aliphatic heterocycles. The predicted octanol–water partition coefficient (Wildman–Crippen LogP) is 4.07. The zero-order chi connectivity index (χ0) is 22.9. The molecule has 4 rings (SSSR count). The summed E-state index contributed by atoms with van der Waals surface area (Å²) in [4.78, 5) is 8.07. The molecule has 8 nitrogen and oxygen atoms in total. The van der Waals surface area contributed by atoms with Crippen LogP contribution in [0.4, 0.5) is 13.2 Å². The highest BCUT2D eigenvalue weighted by molar-refractivity contribution is 5.90. The van der Waals surface area contributed by atoms with Gasteiger partial charge in [-0.1, -0.05) is 17.3 Å². The Labute approximate surface area is 180 Å². The molecule has 0 saturated heterocycles. The van der Waals surface area contributed by atoms with Crippen molar-refractivity contribution in [3.8, 4) is 39.6 Å². The number of methoxy groups -OCH3 is 1. The van der Waals surface area contributed by atoms with E-state index in [1.54, 1.807) is 30.3 Å². The van der Waals surface area contributed by atoms with E-state index in [1.807, 2.05) is 0 Å². The van der Waals surface area contributed by atoms with Gasteiger partial charge in [-0.2, -0.15) is 18.3 Å². The Bertz CT molecular complexity index is 1220. The van der Waals surface area contributed by atoms with Gasteiger partial charge in [-0.25, -0.2) is 9.97 Å². The number of rotatable bonds is 6. The van der Waals surface area contributed by atoms with E-state index in [0.717, 1.165) is 6.20 Å². The number of nitrogens with zero attached hydrogens (tertiary/aromatic N) is 5. The molecule has 0 saturated carbocycles. The molecule has 3 aromatic heterocycles. The highest BCUT2D eigenvalue weighted by Gasteiger charge is 2.41. The molecule has 166 valence electrons. The minimum Gasteiger partial charge on any atom is -0.496 e. The molecule has 0 aliphatic rings. The maximum Gasteiger partial charge on any atom is 0.433 e. The third-order valence-corrected chi connectivity index (χ3v) is 4.68. The number of aromatic nitrogens is 5. The quantitative estimate of drug-likeness (QED) is 0.478. The lowest BCUT2D eigenvalue weighted by Gasteiger charge is -2.13. The number of hydrogen-bond acceptors (Lipinski definition) is 7. The van der Waals surface area contributed by atoms with Crippen LogP contribution in [0.15, 0.2) is 53.6 Å². The molecule has 0 bridgehead atoms. The van der Waals surface area contributed by atoms with Crippen molar-refractivity contribution in [1.82, 2.24) is 24.9 Å². The second-order valence-electron chi connectivity index (χ2n) is 6.97. The van der Waals surface area contributed by atoms with Gasteiger partial charge in [0.1, 0.15) is 17.8 Å². The molecule has 1 aromatic carbocycles. The van der Waals surface area contributed by atoms with Crippen LogP contribution >= 0.6 is 0 Å². The molecular weight excluding hydrogens is 427 g/mol. The van der Waals surface area contributed by atoms with Crippen LogP contribution in [-0.2, 0) is 12.7 Å². The van der Waals surface area contributed by atoms with Crippen LogP contribution < -0.4 is 4.74 Å². The normalized spacial score (nSPS) is 12.7. The molecule has 0 radical (unpaired) electrons. The number of para-hydroxylation sites is 1. The van der Waals surface area contributed by atoms with E-state index in [2.05, 4.69) is 20.2 Å². The minimum absolute atomic E-state index is 0.159. The van der Waals surface area contributed by atoms with Gasteiger partial charge in [0.25, 0.3) is 0 Å². The molecule has 3 heterocycles. The predicted molar refractivity (Wildman–Crippen MR) is 107 cm³/mol. The van der Waals surface area contributed by atoms with E-state index in [4.69, 9.17) is 9.26 Å². The highest BCUT2D eigenvalue weighted by atomic mass is 19.4. The number of benzene rings is 1. The van der Waals surface area contributed by atoms with Crippen LogP contribution in [-0.4, -0.2) is 43.2 Å². The van der Waals surface area contributed by atoms with Crippen molar-refractivity contribution in [2.45, 2.75) is 25.7 Å². The summed E-state index contributed by atoms with van der Waals surface area (Å²) >= 11 is 0. The van der Waals surface area contributed by atoms with Gasteiger partial charge >= 0.3 is 6.18 Å². The first-order valence-electron chi connectivity index (χ1n) is 9.52. The lowest BCUT2D eigenvalue weighted by Crippen LogP contribution is -2.20. The van der Waals surface area contributed by atoms with Gasteiger partial charge in [0.15, 0.2) is 11.5 Å². The topological polar surface area (TPSA) is 99.1 Å². The molecule has 0 amide bonds. The van der Waals surface area contributed by atoms with Gasteiger partial charge in [-0.3, -0.25) is 4.68 Å².